The zero-order chi connectivity index (χ0) is 15.2. The van der Waals surface area contributed by atoms with Crippen LogP contribution in [0.2, 0.25) is 0 Å². The topological polar surface area (TPSA) is 36.0 Å². The fourth-order valence-corrected chi connectivity index (χ4v) is 2.06. The van der Waals surface area contributed by atoms with Crippen molar-refractivity contribution in [3.8, 4) is 0 Å². The highest BCUT2D eigenvalue weighted by Crippen LogP contribution is 2.15. The Labute approximate surface area is 117 Å². The number of nitrogens with zero attached hydrogens (tertiary/aromatic N) is 3. The summed E-state index contributed by atoms with van der Waals surface area (Å²) >= 11 is 0. The number of carbonyl (C=O) groups excluding carboxylic acids is 1. The number of piperazine rings is 1. The molecule has 0 aromatic rings. The summed E-state index contributed by atoms with van der Waals surface area (Å²) in [7, 11) is 2.83. The minimum absolute atomic E-state index is 0.0463. The average molecular weight is 297 g/mol. The van der Waals surface area contributed by atoms with E-state index in [0.29, 0.717) is 19.7 Å². The first-order valence-electron chi connectivity index (χ1n) is 6.56. The van der Waals surface area contributed by atoms with E-state index in [0.717, 1.165) is 24.5 Å². The monoisotopic (exact) mass is 297 g/mol. The van der Waals surface area contributed by atoms with Crippen LogP contribution in [0.4, 0.5) is 13.2 Å². The van der Waals surface area contributed by atoms with Gasteiger partial charge in [0, 0.05) is 46.9 Å². The third kappa shape index (κ3) is 6.53. The molecule has 0 N–H and O–H groups in total. The van der Waals surface area contributed by atoms with Crippen molar-refractivity contribution < 1.29 is 22.7 Å². The highest BCUT2D eigenvalue weighted by atomic mass is 19.4. The number of halogens is 3. The summed E-state index contributed by atoms with van der Waals surface area (Å²) in [5.74, 6) is -0.493. The first-order valence-corrected chi connectivity index (χ1v) is 6.56. The van der Waals surface area contributed by atoms with E-state index in [1.165, 1.54) is 7.05 Å². The molecule has 20 heavy (non-hydrogen) atoms. The van der Waals surface area contributed by atoms with Gasteiger partial charge < -0.3 is 9.64 Å². The normalized spacial score (nSPS) is 18.2. The van der Waals surface area contributed by atoms with E-state index in [-0.39, 0.29) is 6.54 Å². The van der Waals surface area contributed by atoms with Crippen molar-refractivity contribution in [3.63, 3.8) is 0 Å². The van der Waals surface area contributed by atoms with Gasteiger partial charge in [0.2, 0.25) is 5.91 Å². The van der Waals surface area contributed by atoms with Crippen molar-refractivity contribution in [1.82, 2.24) is 14.7 Å². The number of carbonyl (C=O) groups is 1. The molecule has 1 fully saturated rings. The van der Waals surface area contributed by atoms with E-state index in [2.05, 4.69) is 4.90 Å². The number of ether oxygens (including phenoxy) is 1. The van der Waals surface area contributed by atoms with Gasteiger partial charge in [0.1, 0.15) is 6.54 Å². The van der Waals surface area contributed by atoms with Gasteiger partial charge in [-0.15, -0.1) is 0 Å². The Balaban J connectivity index is 2.27. The number of amides is 1. The summed E-state index contributed by atoms with van der Waals surface area (Å²) in [6.07, 6.45) is -4.34. The third-order valence-electron chi connectivity index (χ3n) is 3.28. The molecule has 1 saturated heterocycles. The zero-order valence-corrected chi connectivity index (χ0v) is 11.9. The van der Waals surface area contributed by atoms with Crippen LogP contribution in [0.25, 0.3) is 0 Å². The molecule has 0 bridgehead atoms. The first-order chi connectivity index (χ1) is 9.31. The molecule has 0 aromatic heterocycles. The number of hydrogen-bond donors (Lipinski definition) is 0. The molecule has 1 amide bonds. The number of rotatable bonds is 6. The highest BCUT2D eigenvalue weighted by molar-refractivity contribution is 5.78. The van der Waals surface area contributed by atoms with Crippen LogP contribution < -0.4 is 0 Å². The van der Waals surface area contributed by atoms with Gasteiger partial charge in [-0.2, -0.15) is 13.2 Å². The van der Waals surface area contributed by atoms with Crippen LogP contribution in [0.5, 0.6) is 0 Å². The molecule has 0 saturated carbocycles. The molecule has 0 aliphatic carbocycles. The average Bonchev–Trinajstić information content (AvgIpc) is 2.36. The molecule has 5 nitrogen and oxygen atoms in total. The van der Waals surface area contributed by atoms with Crippen molar-refractivity contribution in [2.24, 2.45) is 0 Å². The smallest absolute Gasteiger partial charge is 0.383 e. The molecule has 118 valence electrons. The second-order valence-corrected chi connectivity index (χ2v) is 4.98. The van der Waals surface area contributed by atoms with Crippen molar-refractivity contribution in [2.75, 3.05) is 66.6 Å². The fourth-order valence-electron chi connectivity index (χ4n) is 2.06. The quantitative estimate of drug-likeness (QED) is 0.705. The van der Waals surface area contributed by atoms with Crippen LogP contribution in [0, 0.1) is 0 Å². The summed E-state index contributed by atoms with van der Waals surface area (Å²) in [6, 6.07) is 0. The van der Waals surface area contributed by atoms with Gasteiger partial charge in [-0.05, 0) is 0 Å². The molecule has 0 spiro atoms. The van der Waals surface area contributed by atoms with Crippen LogP contribution in [-0.2, 0) is 9.53 Å². The molecule has 1 heterocycles. The maximum absolute atomic E-state index is 12.2. The predicted molar refractivity (Wildman–Crippen MR) is 68.4 cm³/mol. The summed E-state index contributed by atoms with van der Waals surface area (Å²) in [5, 5.41) is 0. The lowest BCUT2D eigenvalue weighted by Gasteiger charge is -2.34. The molecule has 1 aliphatic heterocycles. The fraction of sp³-hybridized carbons (Fsp3) is 0.917. The summed E-state index contributed by atoms with van der Waals surface area (Å²) in [5.41, 5.74) is 0. The summed E-state index contributed by atoms with van der Waals surface area (Å²) < 4.78 is 41.6. The molecule has 0 aromatic carbocycles. The molecule has 1 rings (SSSR count). The van der Waals surface area contributed by atoms with E-state index in [4.69, 9.17) is 4.74 Å². The van der Waals surface area contributed by atoms with E-state index < -0.39 is 18.6 Å². The summed E-state index contributed by atoms with van der Waals surface area (Å²) in [4.78, 5) is 16.5. The van der Waals surface area contributed by atoms with E-state index in [1.807, 2.05) is 4.90 Å². The lowest BCUT2D eigenvalue weighted by atomic mass is 10.3. The molecular formula is C12H22F3N3O2. The zero-order valence-electron chi connectivity index (χ0n) is 11.9. The molecule has 0 radical (unpaired) electrons. The van der Waals surface area contributed by atoms with Crippen molar-refractivity contribution >= 4 is 5.91 Å². The molecule has 0 atom stereocenters. The molecule has 1 aliphatic rings. The van der Waals surface area contributed by atoms with Gasteiger partial charge in [0.15, 0.2) is 0 Å². The minimum atomic E-state index is -4.34. The van der Waals surface area contributed by atoms with Gasteiger partial charge >= 0.3 is 6.18 Å². The Morgan fingerprint density at radius 2 is 1.75 bits per heavy atom. The van der Waals surface area contributed by atoms with Crippen LogP contribution in [-0.4, -0.2) is 93.4 Å². The minimum Gasteiger partial charge on any atom is -0.383 e. The third-order valence-corrected chi connectivity index (χ3v) is 3.28. The van der Waals surface area contributed by atoms with E-state index in [9.17, 15) is 18.0 Å². The van der Waals surface area contributed by atoms with Gasteiger partial charge in [-0.1, -0.05) is 0 Å². The van der Waals surface area contributed by atoms with Gasteiger partial charge in [-0.25, -0.2) is 0 Å². The second-order valence-electron chi connectivity index (χ2n) is 4.98. The Bertz CT molecular complexity index is 305. The standard InChI is InChI=1S/C12H22F3N3O2/c1-16(10-12(13,14)15)11(19)9-18-5-3-17(4-6-18)7-8-20-2/h3-10H2,1-2H3. The van der Waals surface area contributed by atoms with Crippen molar-refractivity contribution in [3.05, 3.63) is 0 Å². The van der Waals surface area contributed by atoms with Gasteiger partial charge in [-0.3, -0.25) is 14.6 Å². The lowest BCUT2D eigenvalue weighted by molar-refractivity contribution is -0.159. The largest absolute Gasteiger partial charge is 0.406 e. The van der Waals surface area contributed by atoms with Crippen LogP contribution in [0.1, 0.15) is 0 Å². The van der Waals surface area contributed by atoms with Crippen LogP contribution in [0.15, 0.2) is 0 Å². The van der Waals surface area contributed by atoms with Crippen LogP contribution in [0.3, 0.4) is 0 Å². The second kappa shape index (κ2) is 7.80. The van der Waals surface area contributed by atoms with Crippen molar-refractivity contribution in [2.45, 2.75) is 6.18 Å². The number of alkyl halides is 3. The van der Waals surface area contributed by atoms with Gasteiger partial charge in [0.25, 0.3) is 0 Å². The summed E-state index contributed by atoms with van der Waals surface area (Å²) in [6.45, 7) is 3.34. The maximum Gasteiger partial charge on any atom is 0.406 e. The Morgan fingerprint density at radius 3 is 2.25 bits per heavy atom. The SMILES string of the molecule is COCCN1CCN(CC(=O)N(C)CC(F)(F)F)CC1. The van der Waals surface area contributed by atoms with E-state index >= 15 is 0 Å². The predicted octanol–water partition coefficient (Wildman–Crippen LogP) is 0.271. The van der Waals surface area contributed by atoms with Gasteiger partial charge in [0.05, 0.1) is 13.2 Å². The number of likely N-dealkylation sites (N-methyl/N-ethyl adjacent to an activating group) is 1. The van der Waals surface area contributed by atoms with Crippen LogP contribution >= 0.6 is 0 Å². The number of hydrogen-bond acceptors (Lipinski definition) is 4. The van der Waals surface area contributed by atoms with E-state index in [1.54, 1.807) is 7.11 Å². The first kappa shape index (κ1) is 17.2. The Morgan fingerprint density at radius 1 is 1.20 bits per heavy atom. The van der Waals surface area contributed by atoms with Crippen molar-refractivity contribution in [1.29, 1.82) is 0 Å². The Kier molecular flexibility index (Phi) is 6.70. The maximum atomic E-state index is 12.2. The number of methoxy groups -OCH3 is 1. The molecule has 0 unspecified atom stereocenters. The Hall–Kier alpha value is -0.860. The lowest BCUT2D eigenvalue weighted by Crippen LogP contribution is -2.50. The highest BCUT2D eigenvalue weighted by Gasteiger charge is 2.31. The molecule has 8 heteroatoms. The molecular weight excluding hydrogens is 275 g/mol.